The number of benzene rings is 2. The van der Waals surface area contributed by atoms with Gasteiger partial charge in [0.1, 0.15) is 17.4 Å². The summed E-state index contributed by atoms with van der Waals surface area (Å²) in [6, 6.07) is 12.2. The Morgan fingerprint density at radius 2 is 1.96 bits per heavy atom. The first kappa shape index (κ1) is 19.3. The molecule has 142 valence electrons. The van der Waals surface area contributed by atoms with E-state index in [0.29, 0.717) is 12.3 Å². The zero-order valence-corrected chi connectivity index (χ0v) is 16.5. The number of aromatic nitrogens is 1. The quantitative estimate of drug-likeness (QED) is 0.596. The first-order valence-electron chi connectivity index (χ1n) is 9.15. The maximum Gasteiger partial charge on any atom is 0.309 e. The summed E-state index contributed by atoms with van der Waals surface area (Å²) in [5.74, 6) is -0.0856. The zero-order valence-electron chi connectivity index (χ0n) is 15.6. The van der Waals surface area contributed by atoms with Gasteiger partial charge in [0.15, 0.2) is 0 Å². The molecule has 5 nitrogen and oxygen atoms in total. The van der Waals surface area contributed by atoms with Crippen LogP contribution in [-0.4, -0.2) is 47.2 Å². The second-order valence-electron chi connectivity index (χ2n) is 6.25. The highest BCUT2D eigenvalue weighted by molar-refractivity contribution is 7.13. The van der Waals surface area contributed by atoms with Crippen LogP contribution < -0.4 is 4.74 Å². The van der Waals surface area contributed by atoms with Crippen molar-refractivity contribution < 1.29 is 14.6 Å². The molecule has 0 amide bonds. The Kier molecular flexibility index (Phi) is 6.42. The summed E-state index contributed by atoms with van der Waals surface area (Å²) in [5, 5.41) is 13.8. The molecule has 6 heteroatoms. The Hall–Kier alpha value is -2.44. The van der Waals surface area contributed by atoms with Crippen LogP contribution in [0.3, 0.4) is 0 Å². The summed E-state index contributed by atoms with van der Waals surface area (Å²) in [7, 11) is 0. The predicted octanol–water partition coefficient (Wildman–Crippen LogP) is 4.31. The van der Waals surface area contributed by atoms with Crippen molar-refractivity contribution in [2.75, 3.05) is 26.2 Å². The van der Waals surface area contributed by atoms with Crippen molar-refractivity contribution in [3.63, 3.8) is 0 Å². The standard InChI is InChI=1S/C21H24N2O3S/c1-3-23(4-2)11-12-26-18-10-9-15-7-5-6-8-17(15)20(18)21-22-16(14-27-21)13-19(24)25/h5-10,14H,3-4,11-13H2,1-2H3,(H,24,25). The van der Waals surface area contributed by atoms with E-state index in [9.17, 15) is 4.79 Å². The third kappa shape index (κ3) is 4.64. The van der Waals surface area contributed by atoms with E-state index in [1.165, 1.54) is 11.3 Å². The van der Waals surface area contributed by atoms with Crippen molar-refractivity contribution in [3.05, 3.63) is 47.5 Å². The monoisotopic (exact) mass is 384 g/mol. The molecule has 3 rings (SSSR count). The van der Waals surface area contributed by atoms with E-state index < -0.39 is 5.97 Å². The van der Waals surface area contributed by atoms with Gasteiger partial charge in [0.05, 0.1) is 17.7 Å². The molecule has 0 radical (unpaired) electrons. The Bertz CT molecular complexity index is 919. The first-order chi connectivity index (χ1) is 13.1. The van der Waals surface area contributed by atoms with Crippen molar-refractivity contribution in [1.29, 1.82) is 0 Å². The molecular formula is C21H24N2O3S. The van der Waals surface area contributed by atoms with Crippen LogP contribution in [0, 0.1) is 0 Å². The van der Waals surface area contributed by atoms with Gasteiger partial charge in [-0.1, -0.05) is 44.2 Å². The lowest BCUT2D eigenvalue weighted by Gasteiger charge is -2.19. The van der Waals surface area contributed by atoms with Crippen molar-refractivity contribution in [2.45, 2.75) is 20.3 Å². The number of carbonyl (C=O) groups is 1. The van der Waals surface area contributed by atoms with Gasteiger partial charge in [-0.2, -0.15) is 0 Å². The average molecular weight is 385 g/mol. The van der Waals surface area contributed by atoms with Crippen molar-refractivity contribution in [3.8, 4) is 16.3 Å². The zero-order chi connectivity index (χ0) is 19.2. The summed E-state index contributed by atoms with van der Waals surface area (Å²) in [5.41, 5.74) is 1.51. The minimum Gasteiger partial charge on any atom is -0.491 e. The minimum atomic E-state index is -0.875. The van der Waals surface area contributed by atoms with Gasteiger partial charge < -0.3 is 14.7 Å². The molecule has 0 saturated carbocycles. The molecule has 0 aliphatic rings. The van der Waals surface area contributed by atoms with Gasteiger partial charge >= 0.3 is 5.97 Å². The van der Waals surface area contributed by atoms with E-state index in [4.69, 9.17) is 9.84 Å². The van der Waals surface area contributed by atoms with Crippen LogP contribution in [0.4, 0.5) is 0 Å². The molecule has 0 aliphatic heterocycles. The number of aliphatic carboxylic acids is 1. The summed E-state index contributed by atoms with van der Waals surface area (Å²) in [6.07, 6.45) is -0.0700. The van der Waals surface area contributed by atoms with Crippen LogP contribution in [0.25, 0.3) is 21.3 Å². The second kappa shape index (κ2) is 8.97. The number of hydrogen-bond donors (Lipinski definition) is 1. The van der Waals surface area contributed by atoms with Gasteiger partial charge in [-0.05, 0) is 29.9 Å². The Morgan fingerprint density at radius 3 is 2.70 bits per heavy atom. The molecule has 0 unspecified atom stereocenters. The highest BCUT2D eigenvalue weighted by Crippen LogP contribution is 2.38. The molecule has 0 aliphatic carbocycles. The van der Waals surface area contributed by atoms with E-state index in [1.807, 2.05) is 23.6 Å². The topological polar surface area (TPSA) is 62.7 Å². The smallest absolute Gasteiger partial charge is 0.309 e. The lowest BCUT2D eigenvalue weighted by Crippen LogP contribution is -2.27. The lowest BCUT2D eigenvalue weighted by atomic mass is 10.0. The first-order valence-corrected chi connectivity index (χ1v) is 10.0. The third-order valence-electron chi connectivity index (χ3n) is 4.55. The Balaban J connectivity index is 1.95. The van der Waals surface area contributed by atoms with Gasteiger partial charge in [-0.3, -0.25) is 4.79 Å². The Morgan fingerprint density at radius 1 is 1.19 bits per heavy atom. The highest BCUT2D eigenvalue weighted by atomic mass is 32.1. The van der Waals surface area contributed by atoms with Crippen molar-refractivity contribution in [1.82, 2.24) is 9.88 Å². The van der Waals surface area contributed by atoms with Crippen LogP contribution in [0.2, 0.25) is 0 Å². The number of ether oxygens (including phenoxy) is 1. The molecule has 0 saturated heterocycles. The van der Waals surface area contributed by atoms with Crippen LogP contribution in [0.1, 0.15) is 19.5 Å². The maximum atomic E-state index is 11.0. The molecule has 3 aromatic rings. The van der Waals surface area contributed by atoms with Crippen molar-refractivity contribution in [2.24, 2.45) is 0 Å². The number of hydrogen-bond acceptors (Lipinski definition) is 5. The summed E-state index contributed by atoms with van der Waals surface area (Å²) >= 11 is 1.46. The summed E-state index contributed by atoms with van der Waals surface area (Å²) < 4.78 is 6.13. The number of fused-ring (bicyclic) bond motifs is 1. The van der Waals surface area contributed by atoms with E-state index >= 15 is 0 Å². The molecule has 0 fully saturated rings. The van der Waals surface area contributed by atoms with Crippen LogP contribution in [-0.2, 0) is 11.2 Å². The van der Waals surface area contributed by atoms with Crippen LogP contribution >= 0.6 is 11.3 Å². The fourth-order valence-electron chi connectivity index (χ4n) is 3.07. The fourth-order valence-corrected chi connectivity index (χ4v) is 3.96. The number of nitrogens with zero attached hydrogens (tertiary/aromatic N) is 2. The number of likely N-dealkylation sites (N-methyl/N-ethyl adjacent to an activating group) is 1. The number of carboxylic acid groups (broad SMARTS) is 1. The summed E-state index contributed by atoms with van der Waals surface area (Å²) in [6.45, 7) is 7.74. The van der Waals surface area contributed by atoms with Gasteiger partial charge in [0, 0.05) is 11.9 Å². The fraction of sp³-hybridized carbons (Fsp3) is 0.333. The Labute approximate surface area is 163 Å². The summed E-state index contributed by atoms with van der Waals surface area (Å²) in [4.78, 5) is 17.9. The average Bonchev–Trinajstić information content (AvgIpc) is 3.12. The molecule has 1 heterocycles. The lowest BCUT2D eigenvalue weighted by molar-refractivity contribution is -0.136. The van der Waals surface area contributed by atoms with Gasteiger partial charge in [0.25, 0.3) is 0 Å². The van der Waals surface area contributed by atoms with Gasteiger partial charge in [-0.15, -0.1) is 11.3 Å². The van der Waals surface area contributed by atoms with Crippen LogP contribution in [0.5, 0.6) is 5.75 Å². The van der Waals surface area contributed by atoms with E-state index in [-0.39, 0.29) is 6.42 Å². The van der Waals surface area contributed by atoms with E-state index in [1.54, 1.807) is 0 Å². The molecule has 27 heavy (non-hydrogen) atoms. The van der Waals surface area contributed by atoms with Crippen LogP contribution in [0.15, 0.2) is 41.8 Å². The predicted molar refractivity (Wildman–Crippen MR) is 110 cm³/mol. The van der Waals surface area contributed by atoms with Gasteiger partial charge in [0.2, 0.25) is 0 Å². The number of rotatable bonds is 9. The van der Waals surface area contributed by atoms with E-state index in [0.717, 1.165) is 46.7 Å². The number of thiazole rings is 1. The minimum absolute atomic E-state index is 0.0700. The van der Waals surface area contributed by atoms with Crippen molar-refractivity contribution >= 4 is 28.1 Å². The molecule has 0 atom stereocenters. The second-order valence-corrected chi connectivity index (χ2v) is 7.11. The normalized spacial score (nSPS) is 11.2. The molecule has 1 N–H and O–H groups in total. The molecule has 0 spiro atoms. The molecule has 2 aromatic carbocycles. The molecule has 0 bridgehead atoms. The molecular weight excluding hydrogens is 360 g/mol. The maximum absolute atomic E-state index is 11.0. The largest absolute Gasteiger partial charge is 0.491 e. The molecule has 1 aromatic heterocycles. The third-order valence-corrected chi connectivity index (χ3v) is 5.46. The van der Waals surface area contributed by atoms with Gasteiger partial charge in [-0.25, -0.2) is 4.98 Å². The highest BCUT2D eigenvalue weighted by Gasteiger charge is 2.16. The number of carboxylic acids is 1. The SMILES string of the molecule is CCN(CC)CCOc1ccc2ccccc2c1-c1nc(CC(=O)O)cs1. The van der Waals surface area contributed by atoms with E-state index in [2.05, 4.69) is 41.9 Å².